The number of amides is 1. The Balaban J connectivity index is 1.51. The fraction of sp³-hybridized carbons (Fsp3) is 0.947. The topological polar surface area (TPSA) is 85.4 Å². The quantitative estimate of drug-likeness (QED) is 0.615. The highest BCUT2D eigenvalue weighted by Crippen LogP contribution is 2.33. The Morgan fingerprint density at radius 2 is 1.75 bits per heavy atom. The maximum absolute atomic E-state index is 14.1. The van der Waals surface area contributed by atoms with Crippen LogP contribution in [0, 0.1) is 0 Å². The standard InChI is InChI=1S/C19H32F3N5O4S/c1-14-13-31-9-8-26(14)15-10-17(23-18(28)11-15)27-7-6-25(12-16(27)19(20,21)22)32(29,30)24-4-2-3-5-24/h14-17H,2-13H2,1H3,(H,23,28)/t14-,15?,16?,17?/m1/s1. The predicted octanol–water partition coefficient (Wildman–Crippen LogP) is 0.201. The molecule has 4 rings (SSSR count). The molecule has 0 radical (unpaired) electrons. The van der Waals surface area contributed by atoms with Gasteiger partial charge in [-0.2, -0.15) is 30.2 Å². The van der Waals surface area contributed by atoms with E-state index in [-0.39, 0.29) is 37.5 Å². The number of ether oxygens (including phenoxy) is 1. The lowest BCUT2D eigenvalue weighted by molar-refractivity contribution is -0.204. The van der Waals surface area contributed by atoms with Crippen molar-refractivity contribution >= 4 is 16.1 Å². The molecule has 0 aromatic rings. The number of alkyl halides is 3. The highest BCUT2D eigenvalue weighted by molar-refractivity contribution is 7.86. The number of hydrogen-bond acceptors (Lipinski definition) is 6. The first-order chi connectivity index (χ1) is 15.1. The largest absolute Gasteiger partial charge is 0.405 e. The van der Waals surface area contributed by atoms with E-state index in [1.165, 1.54) is 9.21 Å². The zero-order valence-electron chi connectivity index (χ0n) is 18.3. The number of rotatable bonds is 4. The van der Waals surface area contributed by atoms with Crippen molar-refractivity contribution in [2.75, 3.05) is 52.5 Å². The van der Waals surface area contributed by atoms with Gasteiger partial charge < -0.3 is 10.1 Å². The third-order valence-electron chi connectivity index (χ3n) is 7.01. The van der Waals surface area contributed by atoms with E-state index < -0.39 is 35.1 Å². The summed E-state index contributed by atoms with van der Waals surface area (Å²) in [5, 5.41) is 2.73. The van der Waals surface area contributed by atoms with Crippen molar-refractivity contribution in [3.63, 3.8) is 0 Å². The van der Waals surface area contributed by atoms with Crippen molar-refractivity contribution in [1.82, 2.24) is 23.7 Å². The molecule has 4 aliphatic rings. The minimum atomic E-state index is -4.62. The number of piperazine rings is 1. The molecule has 1 amide bonds. The number of nitrogens with zero attached hydrogens (tertiary/aromatic N) is 4. The molecule has 4 atom stereocenters. The van der Waals surface area contributed by atoms with Crippen LogP contribution in [0.15, 0.2) is 0 Å². The summed E-state index contributed by atoms with van der Waals surface area (Å²) < 4.78 is 75.7. The molecule has 9 nitrogen and oxygen atoms in total. The molecule has 32 heavy (non-hydrogen) atoms. The van der Waals surface area contributed by atoms with E-state index in [0.717, 1.165) is 17.1 Å². The van der Waals surface area contributed by atoms with Crippen molar-refractivity contribution in [3.8, 4) is 0 Å². The van der Waals surface area contributed by atoms with Gasteiger partial charge in [-0.1, -0.05) is 0 Å². The van der Waals surface area contributed by atoms with Crippen molar-refractivity contribution in [1.29, 1.82) is 0 Å². The second-order valence-corrected chi connectivity index (χ2v) is 11.0. The van der Waals surface area contributed by atoms with Gasteiger partial charge in [-0.25, -0.2) is 0 Å². The van der Waals surface area contributed by atoms with Crippen molar-refractivity contribution in [2.45, 2.75) is 63.1 Å². The molecule has 184 valence electrons. The van der Waals surface area contributed by atoms with Gasteiger partial charge >= 0.3 is 6.18 Å². The number of hydrogen-bond donors (Lipinski definition) is 1. The molecule has 3 unspecified atom stereocenters. The lowest BCUT2D eigenvalue weighted by atomic mass is 9.97. The average Bonchev–Trinajstić information content (AvgIpc) is 3.28. The number of halogens is 3. The van der Waals surface area contributed by atoms with Gasteiger partial charge in [0.15, 0.2) is 0 Å². The highest BCUT2D eigenvalue weighted by Gasteiger charge is 2.52. The SMILES string of the molecule is C[C@@H]1COCCN1C1CC(=O)NC(N2CCN(S(=O)(=O)N3CCCC3)CC2C(F)(F)F)C1. The number of carbonyl (C=O) groups excluding carboxylic acids is 1. The first-order valence-corrected chi connectivity index (χ1v) is 12.7. The highest BCUT2D eigenvalue weighted by atomic mass is 32.2. The smallest absolute Gasteiger partial charge is 0.379 e. The Labute approximate surface area is 187 Å². The van der Waals surface area contributed by atoms with Crippen LogP contribution in [0.3, 0.4) is 0 Å². The third kappa shape index (κ3) is 4.92. The van der Waals surface area contributed by atoms with E-state index in [1.807, 2.05) is 6.92 Å². The van der Waals surface area contributed by atoms with Crippen LogP contribution < -0.4 is 5.32 Å². The molecule has 0 spiro atoms. The third-order valence-corrected chi connectivity index (χ3v) is 9.01. The Hall–Kier alpha value is -0.990. The number of nitrogens with one attached hydrogen (secondary N) is 1. The zero-order chi connectivity index (χ0) is 23.1. The summed E-state index contributed by atoms with van der Waals surface area (Å²) in [5.41, 5.74) is 0. The molecule has 4 fully saturated rings. The molecule has 13 heteroatoms. The van der Waals surface area contributed by atoms with Crippen LogP contribution >= 0.6 is 0 Å². The predicted molar refractivity (Wildman–Crippen MR) is 110 cm³/mol. The molecule has 0 saturated carbocycles. The molecule has 0 bridgehead atoms. The van der Waals surface area contributed by atoms with Crippen molar-refractivity contribution in [2.24, 2.45) is 0 Å². The number of carbonyl (C=O) groups is 1. The van der Waals surface area contributed by atoms with Crippen LogP contribution in [0.5, 0.6) is 0 Å². The maximum atomic E-state index is 14.1. The Morgan fingerprint density at radius 3 is 2.41 bits per heavy atom. The van der Waals surface area contributed by atoms with E-state index in [2.05, 4.69) is 10.2 Å². The molecule has 0 aromatic carbocycles. The van der Waals surface area contributed by atoms with Gasteiger partial charge in [0.2, 0.25) is 5.91 Å². The van der Waals surface area contributed by atoms with Crippen LogP contribution in [-0.2, 0) is 19.7 Å². The fourth-order valence-electron chi connectivity index (χ4n) is 5.34. The Morgan fingerprint density at radius 1 is 1.03 bits per heavy atom. The van der Waals surface area contributed by atoms with Crippen LogP contribution in [0.2, 0.25) is 0 Å². The molecule has 1 N–H and O–H groups in total. The number of morpholine rings is 1. The van der Waals surface area contributed by atoms with Gasteiger partial charge in [0, 0.05) is 57.8 Å². The van der Waals surface area contributed by atoms with Crippen LogP contribution in [0.4, 0.5) is 13.2 Å². The van der Waals surface area contributed by atoms with Crippen LogP contribution in [0.1, 0.15) is 32.6 Å². The van der Waals surface area contributed by atoms with Crippen molar-refractivity contribution in [3.05, 3.63) is 0 Å². The summed E-state index contributed by atoms with van der Waals surface area (Å²) >= 11 is 0. The molecule has 4 aliphatic heterocycles. The summed E-state index contributed by atoms with van der Waals surface area (Å²) in [6.07, 6.45) is -3.38. The van der Waals surface area contributed by atoms with Gasteiger partial charge in [-0.15, -0.1) is 0 Å². The van der Waals surface area contributed by atoms with E-state index >= 15 is 0 Å². The average molecular weight is 484 g/mol. The summed E-state index contributed by atoms with van der Waals surface area (Å²) in [6.45, 7) is 3.59. The first kappa shape index (κ1) is 24.1. The first-order valence-electron chi connectivity index (χ1n) is 11.3. The second kappa shape index (κ2) is 9.34. The van der Waals surface area contributed by atoms with E-state index in [4.69, 9.17) is 4.74 Å². The summed E-state index contributed by atoms with van der Waals surface area (Å²) in [4.78, 5) is 15.8. The molecule has 0 aliphatic carbocycles. The van der Waals surface area contributed by atoms with Gasteiger partial charge in [0.05, 0.1) is 19.4 Å². The van der Waals surface area contributed by atoms with Gasteiger partial charge in [-0.3, -0.25) is 14.6 Å². The molecule has 4 saturated heterocycles. The summed E-state index contributed by atoms with van der Waals surface area (Å²) in [5.74, 6) is -0.280. The maximum Gasteiger partial charge on any atom is 0.405 e. The Kier molecular flexibility index (Phi) is 7.04. The van der Waals surface area contributed by atoms with Crippen molar-refractivity contribution < 1.29 is 31.1 Å². The van der Waals surface area contributed by atoms with E-state index in [1.54, 1.807) is 0 Å². The second-order valence-electron chi connectivity index (χ2n) is 9.11. The number of piperidine rings is 1. The molecule has 0 aromatic heterocycles. The Bertz CT molecular complexity index is 792. The monoisotopic (exact) mass is 483 g/mol. The molecular formula is C19H32F3N5O4S. The van der Waals surface area contributed by atoms with E-state index in [0.29, 0.717) is 39.3 Å². The normalized spacial score (nSPS) is 35.2. The minimum absolute atomic E-state index is 0.0313. The summed E-state index contributed by atoms with van der Waals surface area (Å²) in [7, 11) is -3.92. The van der Waals surface area contributed by atoms with Gasteiger partial charge in [-0.05, 0) is 26.2 Å². The zero-order valence-corrected chi connectivity index (χ0v) is 19.1. The fourth-order valence-corrected chi connectivity index (χ4v) is 7.03. The van der Waals surface area contributed by atoms with Gasteiger partial charge in [0.25, 0.3) is 10.2 Å². The molecular weight excluding hydrogens is 451 g/mol. The lowest BCUT2D eigenvalue weighted by Gasteiger charge is -2.49. The van der Waals surface area contributed by atoms with Crippen LogP contribution in [0.25, 0.3) is 0 Å². The molecule has 4 heterocycles. The van der Waals surface area contributed by atoms with Crippen LogP contribution in [-0.4, -0.2) is 116 Å². The lowest BCUT2D eigenvalue weighted by Crippen LogP contribution is -2.68. The minimum Gasteiger partial charge on any atom is -0.379 e. The summed E-state index contributed by atoms with van der Waals surface area (Å²) in [6, 6.07) is -2.06. The van der Waals surface area contributed by atoms with Gasteiger partial charge in [0.1, 0.15) is 6.04 Å². The van der Waals surface area contributed by atoms with E-state index in [9.17, 15) is 26.4 Å².